The minimum atomic E-state index is -0.830. The van der Waals surface area contributed by atoms with Gasteiger partial charge in [0, 0.05) is 10.0 Å². The third kappa shape index (κ3) is 10.7. The van der Waals surface area contributed by atoms with E-state index in [1.54, 1.807) is 0 Å². The molecule has 5 heteroatoms. The Labute approximate surface area is 90.4 Å². The highest BCUT2D eigenvalue weighted by molar-refractivity contribution is 5.67. The first kappa shape index (κ1) is 13.8. The summed E-state index contributed by atoms with van der Waals surface area (Å²) in [4.78, 5) is 12.9. The van der Waals surface area contributed by atoms with E-state index in [0.717, 1.165) is 12.8 Å². The molecule has 0 aliphatic rings. The average molecular weight is 213 g/mol. The summed E-state index contributed by atoms with van der Waals surface area (Å²) in [6.45, 7) is 2.54. The molecule has 0 fully saturated rings. The van der Waals surface area contributed by atoms with Crippen LogP contribution in [0.2, 0.25) is 0 Å². The molecule has 0 N–H and O–H groups in total. The first-order valence-corrected chi connectivity index (χ1v) is 5.53. The van der Waals surface area contributed by atoms with Crippen molar-refractivity contribution in [2.45, 2.75) is 51.9 Å². The molecule has 0 saturated carbocycles. The monoisotopic (exact) mass is 213 g/mol. The quantitative estimate of drug-likeness (QED) is 0.262. The van der Waals surface area contributed by atoms with E-state index in [1.165, 1.54) is 32.1 Å². The molecule has 0 saturated heterocycles. The molecule has 0 aromatic carbocycles. The lowest BCUT2D eigenvalue weighted by Gasteiger charge is -2.01. The lowest BCUT2D eigenvalue weighted by atomic mass is 10.1. The van der Waals surface area contributed by atoms with Crippen LogP contribution in [0.4, 0.5) is 4.79 Å². The van der Waals surface area contributed by atoms with Crippen LogP contribution in [0.3, 0.4) is 0 Å². The fourth-order valence-electron chi connectivity index (χ4n) is 1.28. The maximum atomic E-state index is 10.6. The summed E-state index contributed by atoms with van der Waals surface area (Å²) in [5.41, 5.74) is 7.92. The van der Waals surface area contributed by atoms with Gasteiger partial charge in [-0.15, -0.1) is 0 Å². The van der Waals surface area contributed by atoms with Crippen LogP contribution in [0.25, 0.3) is 10.4 Å². The molecule has 0 aliphatic carbocycles. The number of nitrogens with zero attached hydrogens (tertiary/aromatic N) is 3. The van der Waals surface area contributed by atoms with Crippen molar-refractivity contribution >= 4 is 6.09 Å². The molecule has 86 valence electrons. The van der Waals surface area contributed by atoms with E-state index in [1.807, 2.05) is 0 Å². The number of unbranched alkanes of at least 4 members (excludes halogenated alkanes) is 6. The van der Waals surface area contributed by atoms with Gasteiger partial charge in [0.1, 0.15) is 0 Å². The summed E-state index contributed by atoms with van der Waals surface area (Å²) >= 11 is 0. The zero-order chi connectivity index (χ0) is 11.4. The van der Waals surface area contributed by atoms with E-state index in [4.69, 9.17) is 5.53 Å². The second-order valence-corrected chi connectivity index (χ2v) is 3.43. The van der Waals surface area contributed by atoms with Crippen LogP contribution in [0, 0.1) is 0 Å². The lowest BCUT2D eigenvalue weighted by molar-refractivity contribution is 0.154. The molecule has 0 aromatic heterocycles. The molecular weight excluding hydrogens is 194 g/mol. The molecule has 0 unspecified atom stereocenters. The smallest absolute Gasteiger partial charge is 0.396 e. The minimum absolute atomic E-state index is 0.353. The van der Waals surface area contributed by atoms with Gasteiger partial charge in [-0.25, -0.2) is 4.79 Å². The first-order chi connectivity index (χ1) is 7.31. The van der Waals surface area contributed by atoms with Crippen molar-refractivity contribution in [3.63, 3.8) is 0 Å². The maximum Gasteiger partial charge on any atom is 0.396 e. The molecule has 0 bridgehead atoms. The molecule has 0 atom stereocenters. The predicted octanol–water partition coefficient (Wildman–Crippen LogP) is 4.18. The number of azide groups is 1. The Balaban J connectivity index is 3.11. The zero-order valence-corrected chi connectivity index (χ0v) is 9.31. The van der Waals surface area contributed by atoms with E-state index in [-0.39, 0.29) is 0 Å². The van der Waals surface area contributed by atoms with Crippen LogP contribution >= 0.6 is 0 Å². The zero-order valence-electron chi connectivity index (χ0n) is 9.31. The Morgan fingerprint density at radius 2 is 1.80 bits per heavy atom. The van der Waals surface area contributed by atoms with Crippen molar-refractivity contribution < 1.29 is 9.53 Å². The third-order valence-corrected chi connectivity index (χ3v) is 2.10. The Morgan fingerprint density at radius 1 is 1.20 bits per heavy atom. The standard InChI is InChI=1S/C10H19N3O2/c1-2-3-4-5-6-7-8-9-15-10(14)12-13-11/h2-9H2,1H3. The molecule has 0 spiro atoms. The number of amides is 1. The van der Waals surface area contributed by atoms with E-state index < -0.39 is 6.09 Å². The van der Waals surface area contributed by atoms with E-state index in [0.29, 0.717) is 6.61 Å². The van der Waals surface area contributed by atoms with Gasteiger partial charge in [0.05, 0.1) is 6.61 Å². The molecule has 0 aliphatic heterocycles. The Bertz CT molecular complexity index is 213. The molecule has 15 heavy (non-hydrogen) atoms. The van der Waals surface area contributed by atoms with Gasteiger partial charge in [-0.2, -0.15) is 0 Å². The van der Waals surface area contributed by atoms with Crippen molar-refractivity contribution in [2.75, 3.05) is 6.61 Å². The highest BCUT2D eigenvalue weighted by atomic mass is 16.5. The Hall–Kier alpha value is -1.22. The van der Waals surface area contributed by atoms with Gasteiger partial charge in [0.2, 0.25) is 0 Å². The van der Waals surface area contributed by atoms with Crippen molar-refractivity contribution in [3.8, 4) is 0 Å². The van der Waals surface area contributed by atoms with Crippen LogP contribution in [-0.4, -0.2) is 12.7 Å². The van der Waals surface area contributed by atoms with Crippen LogP contribution in [0.15, 0.2) is 5.11 Å². The summed E-state index contributed by atoms with van der Waals surface area (Å²) in [5, 5.41) is 2.80. The summed E-state index contributed by atoms with van der Waals surface area (Å²) in [6.07, 6.45) is 7.34. The fraction of sp³-hybridized carbons (Fsp3) is 0.900. The van der Waals surface area contributed by atoms with Gasteiger partial charge in [-0.1, -0.05) is 45.4 Å². The first-order valence-electron chi connectivity index (χ1n) is 5.53. The normalized spacial score (nSPS) is 9.40. The highest BCUT2D eigenvalue weighted by Crippen LogP contribution is 2.06. The van der Waals surface area contributed by atoms with Crippen molar-refractivity contribution in [1.29, 1.82) is 0 Å². The summed E-state index contributed by atoms with van der Waals surface area (Å²) in [6, 6.07) is 0. The van der Waals surface area contributed by atoms with Crippen molar-refractivity contribution in [2.24, 2.45) is 5.11 Å². The van der Waals surface area contributed by atoms with Crippen LogP contribution in [-0.2, 0) is 4.74 Å². The van der Waals surface area contributed by atoms with Gasteiger partial charge in [-0.05, 0) is 12.0 Å². The number of hydrogen-bond donors (Lipinski definition) is 0. The molecular formula is C10H19N3O2. The topological polar surface area (TPSA) is 75.1 Å². The SMILES string of the molecule is CCCCCCCCCOC(=O)N=[N+]=[N-]. The van der Waals surface area contributed by atoms with Gasteiger partial charge >= 0.3 is 6.09 Å². The predicted molar refractivity (Wildman–Crippen MR) is 58.5 cm³/mol. The lowest BCUT2D eigenvalue weighted by Crippen LogP contribution is -1.99. The van der Waals surface area contributed by atoms with E-state index in [2.05, 4.69) is 21.7 Å². The van der Waals surface area contributed by atoms with Gasteiger partial charge < -0.3 is 4.74 Å². The molecule has 0 radical (unpaired) electrons. The van der Waals surface area contributed by atoms with Crippen LogP contribution in [0.1, 0.15) is 51.9 Å². The highest BCUT2D eigenvalue weighted by Gasteiger charge is 1.96. The number of hydrogen-bond acceptors (Lipinski definition) is 2. The Kier molecular flexibility index (Phi) is 9.98. The van der Waals surface area contributed by atoms with E-state index >= 15 is 0 Å². The van der Waals surface area contributed by atoms with Crippen molar-refractivity contribution in [1.82, 2.24) is 0 Å². The largest absolute Gasteiger partial charge is 0.461 e. The number of ether oxygens (including phenoxy) is 1. The minimum Gasteiger partial charge on any atom is -0.461 e. The maximum absolute atomic E-state index is 10.6. The third-order valence-electron chi connectivity index (χ3n) is 2.10. The molecule has 0 aromatic rings. The molecule has 0 heterocycles. The summed E-state index contributed by atoms with van der Waals surface area (Å²) in [5.74, 6) is 0. The second kappa shape index (κ2) is 10.9. The van der Waals surface area contributed by atoms with Crippen LogP contribution in [0.5, 0.6) is 0 Å². The van der Waals surface area contributed by atoms with Gasteiger partial charge in [0.25, 0.3) is 0 Å². The number of carbonyl (C=O) groups is 1. The van der Waals surface area contributed by atoms with E-state index in [9.17, 15) is 4.79 Å². The summed E-state index contributed by atoms with van der Waals surface area (Å²) < 4.78 is 4.65. The molecule has 5 nitrogen and oxygen atoms in total. The molecule has 0 rings (SSSR count). The second-order valence-electron chi connectivity index (χ2n) is 3.43. The Morgan fingerprint density at radius 3 is 2.40 bits per heavy atom. The number of carbonyl (C=O) groups excluding carboxylic acids is 1. The average Bonchev–Trinajstić information content (AvgIpc) is 2.22. The van der Waals surface area contributed by atoms with Crippen LogP contribution < -0.4 is 0 Å². The fourth-order valence-corrected chi connectivity index (χ4v) is 1.28. The number of rotatable bonds is 8. The molecule has 1 amide bonds. The van der Waals surface area contributed by atoms with Gasteiger partial charge in [0.15, 0.2) is 0 Å². The van der Waals surface area contributed by atoms with Crippen molar-refractivity contribution in [3.05, 3.63) is 10.4 Å². The summed E-state index contributed by atoms with van der Waals surface area (Å²) in [7, 11) is 0. The van der Waals surface area contributed by atoms with Gasteiger partial charge in [-0.3, -0.25) is 0 Å².